The van der Waals surface area contributed by atoms with E-state index < -0.39 is 0 Å². The third kappa shape index (κ3) is 7.16. The van der Waals surface area contributed by atoms with E-state index in [1.165, 1.54) is 24.8 Å². The fourth-order valence-corrected chi connectivity index (χ4v) is 2.34. The summed E-state index contributed by atoms with van der Waals surface area (Å²) in [6.07, 6.45) is 6.16. The van der Waals surface area contributed by atoms with Crippen LogP contribution in [0.25, 0.3) is 0 Å². The number of ether oxygens (including phenoxy) is 1. The zero-order chi connectivity index (χ0) is 15.5. The van der Waals surface area contributed by atoms with E-state index >= 15 is 0 Å². The Morgan fingerprint density at radius 3 is 2.52 bits per heavy atom. The largest absolute Gasteiger partial charge is 0.497 e. The second-order valence-electron chi connectivity index (χ2n) is 5.57. The van der Waals surface area contributed by atoms with Gasteiger partial charge in [-0.25, -0.2) is 0 Å². The molecule has 0 aliphatic heterocycles. The standard InChI is InChI=1S/C18H29NO2/c1-4-6-7-15(5-2)14-19-18(20)13-10-16-8-11-17(21-3)12-9-16/h8-9,11-12,15H,4-7,10,13-14H2,1-3H3,(H,19,20). The van der Waals surface area contributed by atoms with Gasteiger partial charge in [-0.05, 0) is 36.5 Å². The maximum Gasteiger partial charge on any atom is 0.220 e. The summed E-state index contributed by atoms with van der Waals surface area (Å²) in [6, 6.07) is 7.90. The molecule has 0 heterocycles. The van der Waals surface area contributed by atoms with Gasteiger partial charge in [0.05, 0.1) is 7.11 Å². The highest BCUT2D eigenvalue weighted by Gasteiger charge is 2.08. The molecule has 21 heavy (non-hydrogen) atoms. The second kappa shape index (κ2) is 10.3. The zero-order valence-electron chi connectivity index (χ0n) is 13.7. The number of hydrogen-bond acceptors (Lipinski definition) is 2. The normalized spacial score (nSPS) is 12.0. The van der Waals surface area contributed by atoms with Crippen molar-refractivity contribution in [3.05, 3.63) is 29.8 Å². The Morgan fingerprint density at radius 1 is 1.24 bits per heavy atom. The zero-order valence-corrected chi connectivity index (χ0v) is 13.7. The van der Waals surface area contributed by atoms with Crippen molar-refractivity contribution in [1.82, 2.24) is 5.32 Å². The van der Waals surface area contributed by atoms with E-state index in [4.69, 9.17) is 4.74 Å². The molecule has 118 valence electrons. The van der Waals surface area contributed by atoms with Crippen molar-refractivity contribution >= 4 is 5.91 Å². The molecule has 1 aromatic rings. The van der Waals surface area contributed by atoms with Crippen LogP contribution in [0.1, 0.15) is 51.5 Å². The van der Waals surface area contributed by atoms with Crippen LogP contribution in [-0.4, -0.2) is 19.6 Å². The third-order valence-electron chi connectivity index (χ3n) is 3.93. The van der Waals surface area contributed by atoms with Crippen molar-refractivity contribution in [3.63, 3.8) is 0 Å². The summed E-state index contributed by atoms with van der Waals surface area (Å²) < 4.78 is 5.12. The van der Waals surface area contributed by atoms with Crippen LogP contribution in [0.2, 0.25) is 0 Å². The van der Waals surface area contributed by atoms with E-state index in [1.807, 2.05) is 24.3 Å². The summed E-state index contributed by atoms with van der Waals surface area (Å²) in [6.45, 7) is 5.22. The maximum atomic E-state index is 11.9. The Kier molecular flexibility index (Phi) is 8.56. The van der Waals surface area contributed by atoms with Gasteiger partial charge in [-0.1, -0.05) is 45.2 Å². The summed E-state index contributed by atoms with van der Waals surface area (Å²) in [4.78, 5) is 11.9. The molecule has 1 unspecified atom stereocenters. The lowest BCUT2D eigenvalue weighted by molar-refractivity contribution is -0.121. The third-order valence-corrected chi connectivity index (χ3v) is 3.93. The first-order valence-corrected chi connectivity index (χ1v) is 8.09. The van der Waals surface area contributed by atoms with Gasteiger partial charge in [-0.15, -0.1) is 0 Å². The Hall–Kier alpha value is -1.51. The number of unbranched alkanes of at least 4 members (excludes halogenated alkanes) is 1. The topological polar surface area (TPSA) is 38.3 Å². The molecule has 3 nitrogen and oxygen atoms in total. The van der Waals surface area contributed by atoms with E-state index in [2.05, 4.69) is 19.2 Å². The van der Waals surface area contributed by atoms with Crippen LogP contribution in [0, 0.1) is 5.92 Å². The number of aryl methyl sites for hydroxylation is 1. The molecule has 0 aliphatic rings. The van der Waals surface area contributed by atoms with Gasteiger partial charge in [-0.3, -0.25) is 4.79 Å². The number of hydrogen-bond donors (Lipinski definition) is 1. The van der Waals surface area contributed by atoms with Crippen LogP contribution in [0.5, 0.6) is 5.75 Å². The monoisotopic (exact) mass is 291 g/mol. The van der Waals surface area contributed by atoms with Crippen LogP contribution in [0.4, 0.5) is 0 Å². The van der Waals surface area contributed by atoms with Gasteiger partial charge in [0.15, 0.2) is 0 Å². The highest BCUT2D eigenvalue weighted by Crippen LogP contribution is 2.13. The van der Waals surface area contributed by atoms with E-state index in [0.717, 1.165) is 25.1 Å². The number of benzene rings is 1. The number of carbonyl (C=O) groups excluding carboxylic acids is 1. The Balaban J connectivity index is 2.26. The minimum Gasteiger partial charge on any atom is -0.497 e. The second-order valence-corrected chi connectivity index (χ2v) is 5.57. The van der Waals surface area contributed by atoms with Crippen molar-refractivity contribution in [2.24, 2.45) is 5.92 Å². The molecule has 0 saturated carbocycles. The Labute approximate surface area is 129 Å². The van der Waals surface area contributed by atoms with Crippen molar-refractivity contribution in [2.75, 3.05) is 13.7 Å². The molecule has 1 N–H and O–H groups in total. The van der Waals surface area contributed by atoms with Gasteiger partial charge >= 0.3 is 0 Å². The summed E-state index contributed by atoms with van der Waals surface area (Å²) in [5.41, 5.74) is 1.17. The molecule has 3 heteroatoms. The SMILES string of the molecule is CCCCC(CC)CNC(=O)CCc1ccc(OC)cc1. The predicted molar refractivity (Wildman–Crippen MR) is 87.6 cm³/mol. The molecule has 1 aromatic carbocycles. The number of carbonyl (C=O) groups is 1. The van der Waals surface area contributed by atoms with Gasteiger partial charge in [0, 0.05) is 13.0 Å². The minimum atomic E-state index is 0.153. The smallest absolute Gasteiger partial charge is 0.220 e. The quantitative estimate of drug-likeness (QED) is 0.708. The minimum absolute atomic E-state index is 0.153. The van der Waals surface area contributed by atoms with E-state index in [-0.39, 0.29) is 5.91 Å². The molecule has 0 aromatic heterocycles. The van der Waals surface area contributed by atoms with Gasteiger partial charge in [0.1, 0.15) is 5.75 Å². The number of nitrogens with one attached hydrogen (secondary N) is 1. The first-order chi connectivity index (χ1) is 10.2. The molecule has 1 atom stereocenters. The molecular formula is C18H29NO2. The molecule has 1 amide bonds. The lowest BCUT2D eigenvalue weighted by Crippen LogP contribution is -2.29. The van der Waals surface area contributed by atoms with Crippen LogP contribution in [0.3, 0.4) is 0 Å². The lowest BCUT2D eigenvalue weighted by atomic mass is 9.99. The van der Waals surface area contributed by atoms with Gasteiger partial charge in [-0.2, -0.15) is 0 Å². The van der Waals surface area contributed by atoms with Gasteiger partial charge in [0.2, 0.25) is 5.91 Å². The van der Waals surface area contributed by atoms with Crippen LogP contribution >= 0.6 is 0 Å². The van der Waals surface area contributed by atoms with E-state index in [9.17, 15) is 4.79 Å². The summed E-state index contributed by atoms with van der Waals surface area (Å²) >= 11 is 0. The Morgan fingerprint density at radius 2 is 1.95 bits per heavy atom. The molecule has 0 saturated heterocycles. The average Bonchev–Trinajstić information content (AvgIpc) is 2.53. The Bertz CT molecular complexity index is 400. The summed E-state index contributed by atoms with van der Waals surface area (Å²) in [5.74, 6) is 1.63. The van der Waals surface area contributed by atoms with Crippen molar-refractivity contribution in [3.8, 4) is 5.75 Å². The lowest BCUT2D eigenvalue weighted by Gasteiger charge is -2.15. The van der Waals surface area contributed by atoms with Crippen molar-refractivity contribution in [2.45, 2.75) is 52.4 Å². The first-order valence-electron chi connectivity index (χ1n) is 8.09. The van der Waals surface area contributed by atoms with Crippen molar-refractivity contribution in [1.29, 1.82) is 0 Å². The molecule has 0 aliphatic carbocycles. The highest BCUT2D eigenvalue weighted by atomic mass is 16.5. The molecule has 0 bridgehead atoms. The molecule has 0 radical (unpaired) electrons. The van der Waals surface area contributed by atoms with Crippen molar-refractivity contribution < 1.29 is 9.53 Å². The summed E-state index contributed by atoms with van der Waals surface area (Å²) in [5, 5.41) is 3.07. The van der Waals surface area contributed by atoms with E-state index in [0.29, 0.717) is 12.3 Å². The predicted octanol–water partition coefficient (Wildman–Crippen LogP) is 3.96. The maximum absolute atomic E-state index is 11.9. The fourth-order valence-electron chi connectivity index (χ4n) is 2.34. The fraction of sp³-hybridized carbons (Fsp3) is 0.611. The molecular weight excluding hydrogens is 262 g/mol. The first kappa shape index (κ1) is 17.5. The van der Waals surface area contributed by atoms with Crippen LogP contribution < -0.4 is 10.1 Å². The van der Waals surface area contributed by atoms with Crippen LogP contribution in [0.15, 0.2) is 24.3 Å². The average molecular weight is 291 g/mol. The van der Waals surface area contributed by atoms with Gasteiger partial charge < -0.3 is 10.1 Å². The van der Waals surface area contributed by atoms with E-state index in [1.54, 1.807) is 7.11 Å². The van der Waals surface area contributed by atoms with Gasteiger partial charge in [0.25, 0.3) is 0 Å². The number of amides is 1. The number of methoxy groups -OCH3 is 1. The van der Waals surface area contributed by atoms with Crippen LogP contribution in [-0.2, 0) is 11.2 Å². The summed E-state index contributed by atoms with van der Waals surface area (Å²) in [7, 11) is 1.66. The molecule has 1 rings (SSSR count). The molecule has 0 fully saturated rings. The highest BCUT2D eigenvalue weighted by molar-refractivity contribution is 5.76. The molecule has 0 spiro atoms. The number of rotatable bonds is 10.